The lowest BCUT2D eigenvalue weighted by atomic mass is 10.2. The molecule has 1 amide bonds. The number of pyridine rings is 1. The Bertz CT molecular complexity index is 555. The Balaban J connectivity index is 2.08. The van der Waals surface area contributed by atoms with E-state index in [9.17, 15) is 4.79 Å². The third-order valence-electron chi connectivity index (χ3n) is 2.78. The lowest BCUT2D eigenvalue weighted by molar-refractivity contribution is 0.0779. The molecule has 0 aliphatic heterocycles. The quantitative estimate of drug-likeness (QED) is 0.843. The second-order valence-corrected chi connectivity index (χ2v) is 4.23. The number of ether oxygens (including phenoxy) is 1. The number of carbonyl (C=O) groups is 1. The average Bonchev–Trinajstić information content (AvgIpc) is 2.47. The van der Waals surface area contributed by atoms with Gasteiger partial charge in [-0.1, -0.05) is 18.2 Å². The number of aromatic nitrogens is 1. The topological polar surface area (TPSA) is 42.4 Å². The van der Waals surface area contributed by atoms with Crippen LogP contribution in [0.2, 0.25) is 0 Å². The van der Waals surface area contributed by atoms with Crippen LogP contribution in [0.4, 0.5) is 0 Å². The van der Waals surface area contributed by atoms with Gasteiger partial charge in [0.1, 0.15) is 11.4 Å². The zero-order chi connectivity index (χ0) is 13.7. The van der Waals surface area contributed by atoms with Gasteiger partial charge in [-0.2, -0.15) is 0 Å². The molecule has 1 aromatic carbocycles. The molecule has 1 aromatic heterocycles. The molecule has 1 heterocycles. The molecule has 4 nitrogen and oxygen atoms in total. The Labute approximate surface area is 112 Å². The van der Waals surface area contributed by atoms with Crippen LogP contribution in [-0.2, 0) is 6.54 Å². The summed E-state index contributed by atoms with van der Waals surface area (Å²) >= 11 is 0. The zero-order valence-electron chi connectivity index (χ0n) is 11.0. The summed E-state index contributed by atoms with van der Waals surface area (Å²) < 4.78 is 5.17. The van der Waals surface area contributed by atoms with Gasteiger partial charge in [-0.3, -0.25) is 9.78 Å². The minimum Gasteiger partial charge on any atom is -0.497 e. The summed E-state index contributed by atoms with van der Waals surface area (Å²) in [5.41, 5.74) is 1.47. The third-order valence-corrected chi connectivity index (χ3v) is 2.78. The SMILES string of the molecule is COc1cccc(CN(C)C(=O)c2ccccn2)c1. The number of hydrogen-bond donors (Lipinski definition) is 0. The molecule has 0 saturated carbocycles. The van der Waals surface area contributed by atoms with Crippen molar-refractivity contribution < 1.29 is 9.53 Å². The highest BCUT2D eigenvalue weighted by atomic mass is 16.5. The van der Waals surface area contributed by atoms with Gasteiger partial charge in [-0.15, -0.1) is 0 Å². The van der Waals surface area contributed by atoms with Gasteiger partial charge >= 0.3 is 0 Å². The number of benzene rings is 1. The maximum absolute atomic E-state index is 12.1. The van der Waals surface area contributed by atoms with Crippen LogP contribution in [0.5, 0.6) is 5.75 Å². The molecule has 4 heteroatoms. The molecule has 2 rings (SSSR count). The molecule has 0 unspecified atom stereocenters. The lowest BCUT2D eigenvalue weighted by Crippen LogP contribution is -2.26. The predicted octanol–water partition coefficient (Wildman–Crippen LogP) is 2.36. The van der Waals surface area contributed by atoms with Crippen LogP contribution in [0.1, 0.15) is 16.1 Å². The van der Waals surface area contributed by atoms with E-state index in [1.807, 2.05) is 24.3 Å². The number of methoxy groups -OCH3 is 1. The summed E-state index contributed by atoms with van der Waals surface area (Å²) in [5, 5.41) is 0. The van der Waals surface area contributed by atoms with Crippen molar-refractivity contribution in [1.29, 1.82) is 0 Å². The van der Waals surface area contributed by atoms with E-state index in [1.165, 1.54) is 0 Å². The lowest BCUT2D eigenvalue weighted by Gasteiger charge is -2.17. The second kappa shape index (κ2) is 6.00. The van der Waals surface area contributed by atoms with Crippen molar-refractivity contribution in [3.8, 4) is 5.75 Å². The molecule has 0 spiro atoms. The second-order valence-electron chi connectivity index (χ2n) is 4.23. The van der Waals surface area contributed by atoms with Crippen LogP contribution in [0, 0.1) is 0 Å². The van der Waals surface area contributed by atoms with E-state index in [-0.39, 0.29) is 5.91 Å². The number of carbonyl (C=O) groups excluding carboxylic acids is 1. The number of hydrogen-bond acceptors (Lipinski definition) is 3. The maximum atomic E-state index is 12.1. The van der Waals surface area contributed by atoms with Crippen molar-refractivity contribution in [2.75, 3.05) is 14.2 Å². The average molecular weight is 256 g/mol. The summed E-state index contributed by atoms with van der Waals surface area (Å²) in [5.74, 6) is 0.694. The van der Waals surface area contributed by atoms with Gasteiger partial charge in [-0.05, 0) is 29.8 Å². The first-order chi connectivity index (χ1) is 9.20. The summed E-state index contributed by atoms with van der Waals surface area (Å²) in [6.07, 6.45) is 1.62. The molecule has 2 aromatic rings. The fourth-order valence-corrected chi connectivity index (χ4v) is 1.80. The Hall–Kier alpha value is -2.36. The number of amides is 1. The van der Waals surface area contributed by atoms with E-state index in [2.05, 4.69) is 4.98 Å². The van der Waals surface area contributed by atoms with Crippen molar-refractivity contribution in [1.82, 2.24) is 9.88 Å². The molecule has 19 heavy (non-hydrogen) atoms. The molecule has 0 fully saturated rings. The highest BCUT2D eigenvalue weighted by molar-refractivity contribution is 5.91. The monoisotopic (exact) mass is 256 g/mol. The fourth-order valence-electron chi connectivity index (χ4n) is 1.80. The van der Waals surface area contributed by atoms with E-state index < -0.39 is 0 Å². The smallest absolute Gasteiger partial charge is 0.272 e. The van der Waals surface area contributed by atoms with Gasteiger partial charge in [0.25, 0.3) is 5.91 Å². The minimum absolute atomic E-state index is 0.0941. The standard InChI is InChI=1S/C15H16N2O2/c1-17(15(18)14-8-3-4-9-16-14)11-12-6-5-7-13(10-12)19-2/h3-10H,11H2,1-2H3. The van der Waals surface area contributed by atoms with Crippen LogP contribution < -0.4 is 4.74 Å². The molecular formula is C15H16N2O2. The van der Waals surface area contributed by atoms with E-state index in [4.69, 9.17) is 4.74 Å². The van der Waals surface area contributed by atoms with E-state index >= 15 is 0 Å². The van der Waals surface area contributed by atoms with Crippen LogP contribution >= 0.6 is 0 Å². The molecular weight excluding hydrogens is 240 g/mol. The van der Waals surface area contributed by atoms with Crippen molar-refractivity contribution in [3.05, 3.63) is 59.9 Å². The fraction of sp³-hybridized carbons (Fsp3) is 0.200. The minimum atomic E-state index is -0.0941. The van der Waals surface area contributed by atoms with Crippen LogP contribution in [0.25, 0.3) is 0 Å². The van der Waals surface area contributed by atoms with E-state index in [1.54, 1.807) is 43.5 Å². The summed E-state index contributed by atoms with van der Waals surface area (Å²) in [6, 6.07) is 13.0. The molecule has 0 N–H and O–H groups in total. The molecule has 0 atom stereocenters. The molecule has 0 saturated heterocycles. The maximum Gasteiger partial charge on any atom is 0.272 e. The largest absolute Gasteiger partial charge is 0.497 e. The summed E-state index contributed by atoms with van der Waals surface area (Å²) in [6.45, 7) is 0.520. The predicted molar refractivity (Wildman–Crippen MR) is 73.0 cm³/mol. The van der Waals surface area contributed by atoms with Crippen molar-refractivity contribution in [2.24, 2.45) is 0 Å². The number of rotatable bonds is 4. The van der Waals surface area contributed by atoms with E-state index in [0.717, 1.165) is 11.3 Å². The van der Waals surface area contributed by atoms with Crippen LogP contribution in [0.15, 0.2) is 48.7 Å². The first-order valence-corrected chi connectivity index (χ1v) is 6.00. The van der Waals surface area contributed by atoms with Crippen molar-refractivity contribution >= 4 is 5.91 Å². The van der Waals surface area contributed by atoms with Gasteiger partial charge in [0.2, 0.25) is 0 Å². The molecule has 0 aliphatic carbocycles. The third kappa shape index (κ3) is 3.31. The molecule has 0 radical (unpaired) electrons. The van der Waals surface area contributed by atoms with Crippen LogP contribution in [-0.4, -0.2) is 29.9 Å². The zero-order valence-corrected chi connectivity index (χ0v) is 11.0. The van der Waals surface area contributed by atoms with Crippen LogP contribution in [0.3, 0.4) is 0 Å². The van der Waals surface area contributed by atoms with Crippen molar-refractivity contribution in [2.45, 2.75) is 6.54 Å². The molecule has 0 aliphatic rings. The van der Waals surface area contributed by atoms with E-state index in [0.29, 0.717) is 12.2 Å². The summed E-state index contributed by atoms with van der Waals surface area (Å²) in [7, 11) is 3.39. The Morgan fingerprint density at radius 2 is 2.11 bits per heavy atom. The highest BCUT2D eigenvalue weighted by Gasteiger charge is 2.12. The van der Waals surface area contributed by atoms with Gasteiger partial charge < -0.3 is 9.64 Å². The highest BCUT2D eigenvalue weighted by Crippen LogP contribution is 2.14. The van der Waals surface area contributed by atoms with Gasteiger partial charge in [0.15, 0.2) is 0 Å². The van der Waals surface area contributed by atoms with Gasteiger partial charge in [-0.25, -0.2) is 0 Å². The first kappa shape index (κ1) is 13.1. The van der Waals surface area contributed by atoms with Crippen molar-refractivity contribution in [3.63, 3.8) is 0 Å². The van der Waals surface area contributed by atoms with Gasteiger partial charge in [0.05, 0.1) is 7.11 Å². The Morgan fingerprint density at radius 3 is 2.79 bits per heavy atom. The normalized spacial score (nSPS) is 10.0. The number of nitrogens with zero attached hydrogens (tertiary/aromatic N) is 2. The molecule has 0 bridgehead atoms. The Morgan fingerprint density at radius 1 is 1.26 bits per heavy atom. The summed E-state index contributed by atoms with van der Waals surface area (Å²) in [4.78, 5) is 17.8. The first-order valence-electron chi connectivity index (χ1n) is 6.00. The molecule has 98 valence electrons. The van der Waals surface area contributed by atoms with Gasteiger partial charge in [0, 0.05) is 19.8 Å². The Kier molecular flexibility index (Phi) is 4.13.